The van der Waals surface area contributed by atoms with Crippen molar-refractivity contribution >= 4 is 28.8 Å². The predicted octanol–water partition coefficient (Wildman–Crippen LogP) is 9.47. The molecule has 2 N–H and O–H groups in total. The highest BCUT2D eigenvalue weighted by molar-refractivity contribution is 6.34. The quantitative estimate of drug-likeness (QED) is 0.0919. The van der Waals surface area contributed by atoms with Crippen molar-refractivity contribution in [2.45, 2.75) is 136 Å². The molecule has 8 nitrogen and oxygen atoms in total. The molecule has 240 valence electrons. The van der Waals surface area contributed by atoms with Crippen LogP contribution in [0.2, 0.25) is 5.02 Å². The third-order valence-corrected chi connectivity index (χ3v) is 8.05. The highest BCUT2D eigenvalue weighted by Gasteiger charge is 2.26. The largest absolute Gasteiger partial charge is 0.345 e. The van der Waals surface area contributed by atoms with Gasteiger partial charge in [0.15, 0.2) is 11.5 Å². The third-order valence-electron chi connectivity index (χ3n) is 7.69. The van der Waals surface area contributed by atoms with E-state index in [9.17, 15) is 4.79 Å². The van der Waals surface area contributed by atoms with E-state index in [0.717, 1.165) is 24.1 Å². The Kier molecular flexibility index (Phi) is 15.0. The number of nitrogens with zero attached hydrogens (tertiary/aromatic N) is 3. The second-order valence-electron chi connectivity index (χ2n) is 12.5. The molecule has 0 radical (unpaired) electrons. The molecule has 1 atom stereocenters. The lowest BCUT2D eigenvalue weighted by molar-refractivity contribution is -0.166. The molecule has 0 aliphatic rings. The number of benzene rings is 1. The molecule has 0 bridgehead atoms. The Labute approximate surface area is 263 Å². The van der Waals surface area contributed by atoms with Crippen LogP contribution in [0.25, 0.3) is 17.0 Å². The number of anilines is 1. The first-order valence-electron chi connectivity index (χ1n) is 16.5. The van der Waals surface area contributed by atoms with Crippen LogP contribution < -0.4 is 5.32 Å². The Hall–Kier alpha value is -2.42. The van der Waals surface area contributed by atoms with Crippen LogP contribution in [-0.2, 0) is 19.7 Å². The maximum Gasteiger partial charge on any atom is 0.281 e. The average Bonchev–Trinajstić information content (AvgIpc) is 3.54. The van der Waals surface area contributed by atoms with Gasteiger partial charge in [-0.3, -0.25) is 4.79 Å². The molecule has 0 fully saturated rings. The number of amides is 1. The molecule has 1 aromatic carbocycles. The van der Waals surface area contributed by atoms with E-state index in [0.29, 0.717) is 35.4 Å². The van der Waals surface area contributed by atoms with Crippen LogP contribution >= 0.6 is 11.6 Å². The van der Waals surface area contributed by atoms with Crippen LogP contribution in [0.3, 0.4) is 0 Å². The highest BCUT2D eigenvalue weighted by atomic mass is 35.5. The van der Waals surface area contributed by atoms with Crippen LogP contribution in [-0.4, -0.2) is 45.2 Å². The maximum absolute atomic E-state index is 13.2. The number of carbonyl (C=O) groups excluding carboxylic acids is 1. The standard InChI is InChI=1S/C34H54ClN5O3/c1-6-8-9-10-11-12-13-14-15-16-17-18-19-22-25-43-33(42-7-2)32(41)36-27-24-21-20-23-26(27)30-37-31-28(35)29(34(3,4)5)38-40(31)39-30/h20-21,23-24,33H,6-19,22,25H2,1-5H3,(H,36,41)(H,37,39). The van der Waals surface area contributed by atoms with Gasteiger partial charge in [0.05, 0.1) is 18.0 Å². The first-order chi connectivity index (χ1) is 20.8. The second-order valence-corrected chi connectivity index (χ2v) is 12.9. The summed E-state index contributed by atoms with van der Waals surface area (Å²) in [4.78, 5) is 16.4. The van der Waals surface area contributed by atoms with E-state index in [2.05, 4.69) is 48.2 Å². The van der Waals surface area contributed by atoms with E-state index in [1.54, 1.807) is 0 Å². The number of halogens is 1. The van der Waals surface area contributed by atoms with Crippen LogP contribution in [0, 0.1) is 0 Å². The zero-order valence-electron chi connectivity index (χ0n) is 27.1. The fourth-order valence-electron chi connectivity index (χ4n) is 5.23. The minimum Gasteiger partial charge on any atom is -0.345 e. The van der Waals surface area contributed by atoms with Gasteiger partial charge < -0.3 is 19.8 Å². The van der Waals surface area contributed by atoms with Gasteiger partial charge >= 0.3 is 0 Å². The molecule has 2 heterocycles. The molecular formula is C34H54ClN5O3. The number of nitrogens with one attached hydrogen (secondary N) is 2. The summed E-state index contributed by atoms with van der Waals surface area (Å²) >= 11 is 6.62. The summed E-state index contributed by atoms with van der Waals surface area (Å²) in [5.41, 5.74) is 2.50. The van der Waals surface area contributed by atoms with Gasteiger partial charge in [0.2, 0.25) is 6.29 Å². The lowest BCUT2D eigenvalue weighted by atomic mass is 9.92. The maximum atomic E-state index is 13.2. The predicted molar refractivity (Wildman–Crippen MR) is 177 cm³/mol. The lowest BCUT2D eigenvalue weighted by Gasteiger charge is -2.18. The topological polar surface area (TPSA) is 93.5 Å². The fourth-order valence-corrected chi connectivity index (χ4v) is 5.67. The SMILES string of the molecule is CCCCCCCCCCCCCCCCOC(OCC)C(=O)Nc1ccccc1-c1nn2nc(C(C)(C)C)c(Cl)c2[nH]1. The average molecular weight is 616 g/mol. The molecule has 2 aromatic heterocycles. The number of ether oxygens (including phenoxy) is 2. The second kappa shape index (κ2) is 18.4. The number of aromatic nitrogens is 4. The summed E-state index contributed by atoms with van der Waals surface area (Å²) in [6.07, 6.45) is 17.2. The van der Waals surface area contributed by atoms with E-state index in [1.807, 2.05) is 31.2 Å². The minimum atomic E-state index is -0.974. The number of para-hydroxylation sites is 1. The molecule has 0 aliphatic heterocycles. The zero-order valence-corrected chi connectivity index (χ0v) is 27.9. The van der Waals surface area contributed by atoms with Gasteiger partial charge in [-0.2, -0.15) is 5.10 Å². The first-order valence-corrected chi connectivity index (χ1v) is 16.9. The first kappa shape index (κ1) is 35.1. The molecule has 0 aliphatic carbocycles. The van der Waals surface area contributed by atoms with Gasteiger partial charge in [-0.25, -0.2) is 0 Å². The van der Waals surface area contributed by atoms with Crippen LogP contribution in [0.15, 0.2) is 24.3 Å². The molecule has 3 aromatic rings. The van der Waals surface area contributed by atoms with Crippen molar-refractivity contribution in [2.75, 3.05) is 18.5 Å². The Bertz CT molecular complexity index is 1230. The van der Waals surface area contributed by atoms with Crippen molar-refractivity contribution in [3.63, 3.8) is 0 Å². The molecule has 1 amide bonds. The van der Waals surface area contributed by atoms with Gasteiger partial charge in [0.1, 0.15) is 5.02 Å². The summed E-state index contributed by atoms with van der Waals surface area (Å²) in [5, 5.41) is 12.7. The van der Waals surface area contributed by atoms with Crippen LogP contribution in [0.5, 0.6) is 0 Å². The van der Waals surface area contributed by atoms with Crippen molar-refractivity contribution in [1.29, 1.82) is 0 Å². The Morgan fingerprint density at radius 3 is 2.02 bits per heavy atom. The molecule has 1 unspecified atom stereocenters. The molecule has 3 rings (SSSR count). The van der Waals surface area contributed by atoms with Crippen molar-refractivity contribution in [2.24, 2.45) is 0 Å². The van der Waals surface area contributed by atoms with Crippen molar-refractivity contribution in [3.8, 4) is 11.4 Å². The third kappa shape index (κ3) is 11.2. The van der Waals surface area contributed by atoms with E-state index in [-0.39, 0.29) is 11.3 Å². The molecule has 0 spiro atoms. The number of rotatable bonds is 21. The summed E-state index contributed by atoms with van der Waals surface area (Å²) < 4.78 is 13.0. The van der Waals surface area contributed by atoms with E-state index in [4.69, 9.17) is 21.1 Å². The molecule has 43 heavy (non-hydrogen) atoms. The number of H-pyrrole nitrogens is 1. The summed E-state index contributed by atoms with van der Waals surface area (Å²) in [7, 11) is 0. The molecule has 0 saturated carbocycles. The lowest BCUT2D eigenvalue weighted by Crippen LogP contribution is -2.33. The van der Waals surface area contributed by atoms with Gasteiger partial charge in [-0.05, 0) is 25.5 Å². The summed E-state index contributed by atoms with van der Waals surface area (Å²) in [6.45, 7) is 11.2. The summed E-state index contributed by atoms with van der Waals surface area (Å²) in [6, 6.07) is 7.47. The number of fused-ring (bicyclic) bond motifs is 1. The number of unbranched alkanes of at least 4 members (excludes halogenated alkanes) is 13. The van der Waals surface area contributed by atoms with Crippen LogP contribution in [0.1, 0.15) is 130 Å². The Balaban J connectivity index is 1.41. The fraction of sp³-hybridized carbons (Fsp3) is 0.676. The number of carbonyl (C=O) groups is 1. The van der Waals surface area contributed by atoms with Crippen LogP contribution in [0.4, 0.5) is 5.69 Å². The Morgan fingerprint density at radius 2 is 1.47 bits per heavy atom. The zero-order chi connectivity index (χ0) is 31.1. The van der Waals surface area contributed by atoms with Gasteiger partial charge in [-0.15, -0.1) is 9.73 Å². The van der Waals surface area contributed by atoms with Gasteiger partial charge in [-0.1, -0.05) is 135 Å². The van der Waals surface area contributed by atoms with Gasteiger partial charge in [0.25, 0.3) is 5.91 Å². The molecular weight excluding hydrogens is 562 g/mol. The van der Waals surface area contributed by atoms with E-state index >= 15 is 0 Å². The summed E-state index contributed by atoms with van der Waals surface area (Å²) in [5.74, 6) is 0.209. The molecule has 0 saturated heterocycles. The minimum absolute atomic E-state index is 0.210. The van der Waals surface area contributed by atoms with Gasteiger partial charge in [0, 0.05) is 17.6 Å². The number of hydrogen-bond acceptors (Lipinski definition) is 5. The Morgan fingerprint density at radius 1 is 0.884 bits per heavy atom. The molecule has 9 heteroatoms. The van der Waals surface area contributed by atoms with Crippen molar-refractivity contribution in [1.82, 2.24) is 19.8 Å². The monoisotopic (exact) mass is 615 g/mol. The van der Waals surface area contributed by atoms with E-state index in [1.165, 1.54) is 81.7 Å². The highest BCUT2D eigenvalue weighted by Crippen LogP contribution is 2.33. The number of aromatic amines is 1. The normalized spacial score (nSPS) is 12.7. The number of hydrogen-bond donors (Lipinski definition) is 2. The van der Waals surface area contributed by atoms with Crippen molar-refractivity contribution < 1.29 is 14.3 Å². The smallest absolute Gasteiger partial charge is 0.281 e. The van der Waals surface area contributed by atoms with E-state index < -0.39 is 6.29 Å². The van der Waals surface area contributed by atoms with Crippen molar-refractivity contribution in [3.05, 3.63) is 35.0 Å².